The Kier molecular flexibility index (Phi) is 6.27. The number of nitrogens with two attached hydrogens (primary N) is 1. The highest BCUT2D eigenvalue weighted by Crippen LogP contribution is 2.06. The van der Waals surface area contributed by atoms with Crippen molar-refractivity contribution < 1.29 is 4.74 Å². The van der Waals surface area contributed by atoms with Crippen LogP contribution in [0.15, 0.2) is 22.8 Å². The quantitative estimate of drug-likeness (QED) is 0.737. The second-order valence-electron chi connectivity index (χ2n) is 2.09. The summed E-state index contributed by atoms with van der Waals surface area (Å²) in [7, 11) is 1.69. The summed E-state index contributed by atoms with van der Waals surface area (Å²) < 4.78 is 5.99. The third kappa shape index (κ3) is 5.04. The summed E-state index contributed by atoms with van der Waals surface area (Å²) in [4.78, 5) is 0. The van der Waals surface area contributed by atoms with E-state index >= 15 is 0 Å². The number of hydrogen-bond donors (Lipinski definition) is 1. The maximum absolute atomic E-state index is 5.24. The molecule has 0 saturated heterocycles. The van der Waals surface area contributed by atoms with Crippen LogP contribution in [0.3, 0.4) is 0 Å². The summed E-state index contributed by atoms with van der Waals surface area (Å²) in [5, 5.41) is 0. The van der Waals surface area contributed by atoms with Gasteiger partial charge in [0.15, 0.2) is 0 Å². The average Bonchev–Trinajstić information content (AvgIpc) is 2.06. The Balaban J connectivity index is 3.88. The Morgan fingerprint density at radius 3 is 2.73 bits per heavy atom. The molecule has 2 N–H and O–H groups in total. The SMILES string of the molecule is CCC(/C=C\C(Br)=C/N)OC. The highest BCUT2D eigenvalue weighted by atomic mass is 79.9. The van der Waals surface area contributed by atoms with E-state index in [4.69, 9.17) is 10.5 Å². The number of halogens is 1. The van der Waals surface area contributed by atoms with Crippen molar-refractivity contribution in [3.05, 3.63) is 22.8 Å². The van der Waals surface area contributed by atoms with Gasteiger partial charge in [-0.15, -0.1) is 0 Å². The van der Waals surface area contributed by atoms with Gasteiger partial charge in [-0.1, -0.05) is 13.0 Å². The Morgan fingerprint density at radius 2 is 2.36 bits per heavy atom. The Bertz CT molecular complexity index is 150. The van der Waals surface area contributed by atoms with E-state index in [0.29, 0.717) is 0 Å². The Morgan fingerprint density at radius 1 is 1.73 bits per heavy atom. The van der Waals surface area contributed by atoms with Crippen LogP contribution in [0.4, 0.5) is 0 Å². The molecule has 0 bridgehead atoms. The van der Waals surface area contributed by atoms with Crippen LogP contribution in [-0.2, 0) is 4.74 Å². The minimum Gasteiger partial charge on any atom is -0.404 e. The van der Waals surface area contributed by atoms with Crippen molar-refractivity contribution in [2.24, 2.45) is 5.73 Å². The van der Waals surface area contributed by atoms with Gasteiger partial charge in [0.2, 0.25) is 0 Å². The second-order valence-corrected chi connectivity index (χ2v) is 3.01. The minimum atomic E-state index is 0.183. The molecule has 2 nitrogen and oxygen atoms in total. The molecule has 0 aromatic carbocycles. The maximum Gasteiger partial charge on any atom is 0.0752 e. The molecule has 64 valence electrons. The van der Waals surface area contributed by atoms with Crippen molar-refractivity contribution >= 4 is 15.9 Å². The van der Waals surface area contributed by atoms with Gasteiger partial charge in [-0.05, 0) is 28.4 Å². The molecule has 0 heterocycles. The molecule has 1 atom stereocenters. The average molecular weight is 220 g/mol. The van der Waals surface area contributed by atoms with Crippen molar-refractivity contribution in [3.63, 3.8) is 0 Å². The van der Waals surface area contributed by atoms with E-state index in [-0.39, 0.29) is 6.10 Å². The third-order valence-corrected chi connectivity index (χ3v) is 1.86. The lowest BCUT2D eigenvalue weighted by Crippen LogP contribution is -2.03. The summed E-state index contributed by atoms with van der Waals surface area (Å²) in [6, 6.07) is 0. The first-order chi connectivity index (χ1) is 5.24. The summed E-state index contributed by atoms with van der Waals surface area (Å²) in [6.45, 7) is 2.07. The van der Waals surface area contributed by atoms with E-state index in [1.807, 2.05) is 12.2 Å². The van der Waals surface area contributed by atoms with Crippen molar-refractivity contribution in [1.29, 1.82) is 0 Å². The van der Waals surface area contributed by atoms with Gasteiger partial charge < -0.3 is 10.5 Å². The molecule has 0 aromatic heterocycles. The fraction of sp³-hybridized carbons (Fsp3) is 0.500. The van der Waals surface area contributed by atoms with Crippen LogP contribution in [-0.4, -0.2) is 13.2 Å². The highest BCUT2D eigenvalue weighted by molar-refractivity contribution is 9.11. The summed E-state index contributed by atoms with van der Waals surface area (Å²) >= 11 is 3.26. The molecular weight excluding hydrogens is 206 g/mol. The fourth-order valence-electron chi connectivity index (χ4n) is 0.636. The largest absolute Gasteiger partial charge is 0.404 e. The van der Waals surface area contributed by atoms with Crippen LogP contribution in [0.1, 0.15) is 13.3 Å². The van der Waals surface area contributed by atoms with Crippen molar-refractivity contribution in [3.8, 4) is 0 Å². The zero-order valence-electron chi connectivity index (χ0n) is 6.88. The summed E-state index contributed by atoms with van der Waals surface area (Å²) in [5.41, 5.74) is 5.24. The van der Waals surface area contributed by atoms with Crippen LogP contribution in [0, 0.1) is 0 Å². The molecular formula is C8H14BrNO. The highest BCUT2D eigenvalue weighted by Gasteiger charge is 1.96. The molecule has 0 amide bonds. The molecule has 0 rings (SSSR count). The van der Waals surface area contributed by atoms with Gasteiger partial charge in [-0.2, -0.15) is 0 Å². The number of rotatable bonds is 4. The molecule has 0 spiro atoms. The molecule has 0 fully saturated rings. The van der Waals surface area contributed by atoms with Gasteiger partial charge in [0, 0.05) is 17.8 Å². The molecule has 3 heteroatoms. The van der Waals surface area contributed by atoms with Crippen LogP contribution < -0.4 is 5.73 Å². The molecule has 0 aliphatic carbocycles. The first-order valence-electron chi connectivity index (χ1n) is 3.53. The Labute approximate surface area is 76.2 Å². The van der Waals surface area contributed by atoms with Gasteiger partial charge in [-0.3, -0.25) is 0 Å². The molecule has 0 aliphatic heterocycles. The molecule has 11 heavy (non-hydrogen) atoms. The van der Waals surface area contributed by atoms with Gasteiger partial charge in [0.1, 0.15) is 0 Å². The molecule has 1 unspecified atom stereocenters. The minimum absolute atomic E-state index is 0.183. The smallest absolute Gasteiger partial charge is 0.0752 e. The third-order valence-electron chi connectivity index (χ3n) is 1.33. The number of ether oxygens (including phenoxy) is 1. The van der Waals surface area contributed by atoms with Gasteiger partial charge >= 0.3 is 0 Å². The zero-order chi connectivity index (χ0) is 8.69. The van der Waals surface area contributed by atoms with E-state index in [9.17, 15) is 0 Å². The second kappa shape index (κ2) is 6.43. The summed E-state index contributed by atoms with van der Waals surface area (Å²) in [5.74, 6) is 0. The molecule has 0 aliphatic rings. The van der Waals surface area contributed by atoms with Gasteiger partial charge in [-0.25, -0.2) is 0 Å². The number of hydrogen-bond acceptors (Lipinski definition) is 2. The standard InChI is InChI=1S/C8H14BrNO/c1-3-8(11-2)5-4-7(9)6-10/h4-6,8H,3,10H2,1-2H3/b5-4-,7-6+. The number of allylic oxidation sites excluding steroid dienone is 2. The molecule has 0 saturated carbocycles. The van der Waals surface area contributed by atoms with E-state index in [0.717, 1.165) is 10.9 Å². The topological polar surface area (TPSA) is 35.2 Å². The van der Waals surface area contributed by atoms with E-state index in [1.54, 1.807) is 7.11 Å². The van der Waals surface area contributed by atoms with Gasteiger partial charge in [0.05, 0.1) is 6.10 Å². The lowest BCUT2D eigenvalue weighted by Gasteiger charge is -2.05. The predicted molar refractivity (Wildman–Crippen MR) is 51.4 cm³/mol. The van der Waals surface area contributed by atoms with Crippen LogP contribution in [0.5, 0.6) is 0 Å². The molecule has 0 aromatic rings. The normalized spacial score (nSPS) is 15.7. The Hall–Kier alpha value is -0.280. The fourth-order valence-corrected chi connectivity index (χ4v) is 0.789. The van der Waals surface area contributed by atoms with Crippen molar-refractivity contribution in [2.45, 2.75) is 19.4 Å². The van der Waals surface area contributed by atoms with Crippen LogP contribution in [0.2, 0.25) is 0 Å². The first kappa shape index (κ1) is 10.7. The predicted octanol–water partition coefficient (Wildman–Crippen LogP) is 2.16. The van der Waals surface area contributed by atoms with Crippen molar-refractivity contribution in [1.82, 2.24) is 0 Å². The lowest BCUT2D eigenvalue weighted by atomic mass is 10.2. The van der Waals surface area contributed by atoms with Crippen molar-refractivity contribution in [2.75, 3.05) is 7.11 Å². The first-order valence-corrected chi connectivity index (χ1v) is 4.32. The monoisotopic (exact) mass is 219 g/mol. The van der Waals surface area contributed by atoms with E-state index < -0.39 is 0 Å². The zero-order valence-corrected chi connectivity index (χ0v) is 8.47. The van der Waals surface area contributed by atoms with Crippen LogP contribution >= 0.6 is 15.9 Å². The molecule has 0 radical (unpaired) electrons. The van der Waals surface area contributed by atoms with E-state index in [2.05, 4.69) is 22.9 Å². The lowest BCUT2D eigenvalue weighted by molar-refractivity contribution is 0.138. The maximum atomic E-state index is 5.24. The van der Waals surface area contributed by atoms with Gasteiger partial charge in [0.25, 0.3) is 0 Å². The van der Waals surface area contributed by atoms with E-state index in [1.165, 1.54) is 6.20 Å². The van der Waals surface area contributed by atoms with Crippen LogP contribution in [0.25, 0.3) is 0 Å². The summed E-state index contributed by atoms with van der Waals surface area (Å²) in [6.07, 6.45) is 6.50. The number of methoxy groups -OCH3 is 1.